The first-order valence-corrected chi connectivity index (χ1v) is 9.12. The third-order valence-electron chi connectivity index (χ3n) is 4.35. The van der Waals surface area contributed by atoms with Crippen molar-refractivity contribution in [2.24, 2.45) is 5.92 Å². The first-order chi connectivity index (χ1) is 12.6. The number of benzene rings is 2. The molecule has 0 aromatic heterocycles. The lowest BCUT2D eigenvalue weighted by molar-refractivity contribution is -0.147. The molecule has 0 fully saturated rings. The van der Waals surface area contributed by atoms with Crippen molar-refractivity contribution in [3.05, 3.63) is 77.4 Å². The highest BCUT2D eigenvalue weighted by Gasteiger charge is 2.23. The van der Waals surface area contributed by atoms with Gasteiger partial charge in [-0.25, -0.2) is 0 Å². The molecule has 26 heavy (non-hydrogen) atoms. The number of Topliss-reactive ketones (excluding diaryl/α,β-unsaturated/α-hetero) is 1. The Morgan fingerprint density at radius 2 is 1.42 bits per heavy atom. The van der Waals surface area contributed by atoms with Gasteiger partial charge in [-0.15, -0.1) is 0 Å². The summed E-state index contributed by atoms with van der Waals surface area (Å²) in [6.45, 7) is 5.98. The third-order valence-corrected chi connectivity index (χ3v) is 4.35. The fraction of sp³-hybridized carbons (Fsp3) is 0.304. The Balaban J connectivity index is 2.48. The average molecular weight is 350 g/mol. The summed E-state index contributed by atoms with van der Waals surface area (Å²) < 4.78 is 5.14. The van der Waals surface area contributed by atoms with Gasteiger partial charge in [0.2, 0.25) is 0 Å². The fourth-order valence-electron chi connectivity index (χ4n) is 3.02. The molecule has 136 valence electrons. The van der Waals surface area contributed by atoms with Gasteiger partial charge in [-0.3, -0.25) is 9.59 Å². The molecule has 3 heteroatoms. The van der Waals surface area contributed by atoms with Crippen molar-refractivity contribution in [3.8, 4) is 0 Å². The SMILES string of the molecule is CCOC(=O)C(C)C/C(C(=O)c1ccccc1)=C(\CC)c1ccccc1. The minimum atomic E-state index is -0.372. The molecular weight excluding hydrogens is 324 g/mol. The summed E-state index contributed by atoms with van der Waals surface area (Å²) in [6, 6.07) is 19.1. The van der Waals surface area contributed by atoms with E-state index in [4.69, 9.17) is 4.74 Å². The van der Waals surface area contributed by atoms with Gasteiger partial charge >= 0.3 is 5.97 Å². The summed E-state index contributed by atoms with van der Waals surface area (Å²) in [4.78, 5) is 25.4. The molecule has 1 unspecified atom stereocenters. The summed E-state index contributed by atoms with van der Waals surface area (Å²) in [7, 11) is 0. The van der Waals surface area contributed by atoms with Crippen LogP contribution in [0.25, 0.3) is 5.57 Å². The van der Waals surface area contributed by atoms with E-state index in [1.807, 2.05) is 74.5 Å². The maximum atomic E-state index is 13.2. The van der Waals surface area contributed by atoms with E-state index in [0.29, 0.717) is 30.6 Å². The number of allylic oxidation sites excluding steroid dienone is 2. The van der Waals surface area contributed by atoms with Gasteiger partial charge in [-0.1, -0.05) is 74.5 Å². The highest BCUT2D eigenvalue weighted by atomic mass is 16.5. The molecule has 2 aromatic rings. The molecule has 0 radical (unpaired) electrons. The van der Waals surface area contributed by atoms with E-state index in [0.717, 1.165) is 11.1 Å². The van der Waals surface area contributed by atoms with Crippen LogP contribution in [0.2, 0.25) is 0 Å². The van der Waals surface area contributed by atoms with E-state index in [9.17, 15) is 9.59 Å². The van der Waals surface area contributed by atoms with Gasteiger partial charge in [0, 0.05) is 11.1 Å². The monoisotopic (exact) mass is 350 g/mol. The zero-order valence-electron chi connectivity index (χ0n) is 15.7. The summed E-state index contributed by atoms with van der Waals surface area (Å²) in [5.41, 5.74) is 3.33. The predicted molar refractivity (Wildman–Crippen MR) is 105 cm³/mol. The zero-order valence-corrected chi connectivity index (χ0v) is 15.7. The van der Waals surface area contributed by atoms with Gasteiger partial charge < -0.3 is 4.74 Å². The van der Waals surface area contributed by atoms with Crippen molar-refractivity contribution in [1.29, 1.82) is 0 Å². The van der Waals surface area contributed by atoms with E-state index in [2.05, 4.69) is 0 Å². The van der Waals surface area contributed by atoms with Crippen LogP contribution in [0.15, 0.2) is 66.2 Å². The zero-order chi connectivity index (χ0) is 18.9. The Hall–Kier alpha value is -2.68. The van der Waals surface area contributed by atoms with Crippen molar-refractivity contribution >= 4 is 17.3 Å². The number of ketones is 1. The standard InChI is InChI=1S/C23H26O3/c1-4-20(18-12-8-6-9-13-18)21(16-17(3)23(25)26-5-2)22(24)19-14-10-7-11-15-19/h6-15,17H,4-5,16H2,1-3H3/b21-20-. The highest BCUT2D eigenvalue weighted by Crippen LogP contribution is 2.29. The van der Waals surface area contributed by atoms with Crippen molar-refractivity contribution < 1.29 is 14.3 Å². The Kier molecular flexibility index (Phi) is 7.34. The summed E-state index contributed by atoms with van der Waals surface area (Å²) in [6.07, 6.45) is 1.08. The van der Waals surface area contributed by atoms with Crippen LogP contribution in [0.3, 0.4) is 0 Å². The topological polar surface area (TPSA) is 43.4 Å². The number of carbonyl (C=O) groups excluding carboxylic acids is 2. The number of hydrogen-bond acceptors (Lipinski definition) is 3. The second kappa shape index (κ2) is 9.71. The smallest absolute Gasteiger partial charge is 0.308 e. The summed E-state index contributed by atoms with van der Waals surface area (Å²) >= 11 is 0. The maximum absolute atomic E-state index is 13.2. The van der Waals surface area contributed by atoms with Gasteiger partial charge in [0.05, 0.1) is 12.5 Å². The van der Waals surface area contributed by atoms with E-state index in [-0.39, 0.29) is 17.7 Å². The van der Waals surface area contributed by atoms with E-state index >= 15 is 0 Å². The summed E-state index contributed by atoms with van der Waals surface area (Å²) in [5.74, 6) is -0.667. The highest BCUT2D eigenvalue weighted by molar-refractivity contribution is 6.13. The predicted octanol–water partition coefficient (Wildman–Crippen LogP) is 5.32. The molecule has 0 aliphatic heterocycles. The Morgan fingerprint density at radius 1 is 0.885 bits per heavy atom. The normalized spacial score (nSPS) is 12.9. The first-order valence-electron chi connectivity index (χ1n) is 9.12. The molecule has 1 atom stereocenters. The lowest BCUT2D eigenvalue weighted by Crippen LogP contribution is -2.18. The van der Waals surface area contributed by atoms with E-state index in [1.54, 1.807) is 6.92 Å². The first kappa shape index (κ1) is 19.6. The third kappa shape index (κ3) is 4.92. The molecule has 0 saturated heterocycles. The fourth-order valence-corrected chi connectivity index (χ4v) is 3.02. The Bertz CT molecular complexity index is 761. The molecule has 0 bridgehead atoms. The quantitative estimate of drug-likeness (QED) is 0.367. The maximum Gasteiger partial charge on any atom is 0.308 e. The van der Waals surface area contributed by atoms with Gasteiger partial charge in [-0.05, 0) is 30.9 Å². The van der Waals surface area contributed by atoms with Crippen molar-refractivity contribution in [2.75, 3.05) is 6.61 Å². The minimum absolute atomic E-state index is 0.0255. The van der Waals surface area contributed by atoms with Gasteiger partial charge in [0.25, 0.3) is 0 Å². The molecular formula is C23H26O3. The Labute approximate surface area is 155 Å². The van der Waals surface area contributed by atoms with E-state index < -0.39 is 0 Å². The van der Waals surface area contributed by atoms with Crippen LogP contribution in [0.4, 0.5) is 0 Å². The van der Waals surface area contributed by atoms with Crippen LogP contribution >= 0.6 is 0 Å². The number of rotatable bonds is 8. The van der Waals surface area contributed by atoms with Crippen LogP contribution in [-0.2, 0) is 9.53 Å². The largest absolute Gasteiger partial charge is 0.466 e. The second-order valence-electron chi connectivity index (χ2n) is 6.23. The molecule has 0 aliphatic rings. The molecule has 2 rings (SSSR count). The van der Waals surface area contributed by atoms with Crippen molar-refractivity contribution in [2.45, 2.75) is 33.6 Å². The molecule has 0 heterocycles. The molecule has 0 amide bonds. The van der Waals surface area contributed by atoms with Crippen LogP contribution in [-0.4, -0.2) is 18.4 Å². The number of esters is 1. The number of hydrogen-bond donors (Lipinski definition) is 0. The number of carbonyl (C=O) groups is 2. The van der Waals surface area contributed by atoms with Gasteiger partial charge in [-0.2, -0.15) is 0 Å². The lowest BCUT2D eigenvalue weighted by atomic mass is 9.87. The van der Waals surface area contributed by atoms with Crippen LogP contribution in [0.5, 0.6) is 0 Å². The average Bonchev–Trinajstić information content (AvgIpc) is 2.68. The van der Waals surface area contributed by atoms with Crippen LogP contribution in [0, 0.1) is 5.92 Å². The van der Waals surface area contributed by atoms with Crippen molar-refractivity contribution in [3.63, 3.8) is 0 Å². The van der Waals surface area contributed by atoms with Crippen LogP contribution in [0.1, 0.15) is 49.5 Å². The molecule has 0 saturated carbocycles. The second-order valence-corrected chi connectivity index (χ2v) is 6.23. The van der Waals surface area contributed by atoms with Gasteiger partial charge in [0.15, 0.2) is 5.78 Å². The molecule has 2 aromatic carbocycles. The van der Waals surface area contributed by atoms with E-state index in [1.165, 1.54) is 0 Å². The van der Waals surface area contributed by atoms with Gasteiger partial charge in [0.1, 0.15) is 0 Å². The molecule has 3 nitrogen and oxygen atoms in total. The molecule has 0 N–H and O–H groups in total. The lowest BCUT2D eigenvalue weighted by Gasteiger charge is -2.17. The van der Waals surface area contributed by atoms with Crippen molar-refractivity contribution in [1.82, 2.24) is 0 Å². The van der Waals surface area contributed by atoms with Crippen LogP contribution < -0.4 is 0 Å². The minimum Gasteiger partial charge on any atom is -0.466 e. The number of ether oxygens (including phenoxy) is 1. The Morgan fingerprint density at radius 3 is 1.92 bits per heavy atom. The molecule has 0 spiro atoms. The summed E-state index contributed by atoms with van der Waals surface area (Å²) in [5, 5.41) is 0. The molecule has 0 aliphatic carbocycles.